The molecule has 7 aromatic carbocycles. The molecule has 38 heavy (non-hydrogen) atoms. The van der Waals surface area contributed by atoms with Crippen LogP contribution in [0.1, 0.15) is 9.60 Å². The van der Waals surface area contributed by atoms with E-state index in [-0.39, 0.29) is 53.1 Å². The van der Waals surface area contributed by atoms with Gasteiger partial charge >= 0.3 is 0 Å². The van der Waals surface area contributed by atoms with E-state index in [9.17, 15) is 6.85 Å². The van der Waals surface area contributed by atoms with Gasteiger partial charge in [0.15, 0.2) is 0 Å². The minimum Gasteiger partial charge on any atom is -0.0622 e. The minimum atomic E-state index is -0.379. The van der Waals surface area contributed by atoms with Crippen LogP contribution in [0.2, 0.25) is 0 Å². The van der Waals surface area contributed by atoms with E-state index < -0.39 is 0 Å². The van der Waals surface area contributed by atoms with E-state index in [1.807, 2.05) is 115 Å². The highest BCUT2D eigenvalue weighted by Crippen LogP contribution is 2.46. The third-order valence-electron chi connectivity index (χ3n) is 6.91. The summed E-state index contributed by atoms with van der Waals surface area (Å²) in [6, 6.07) is 34.4. The highest BCUT2D eigenvalue weighted by molar-refractivity contribution is 6.22. The largest absolute Gasteiger partial charge is 0.0636 e. The van der Waals surface area contributed by atoms with Gasteiger partial charge in [-0.1, -0.05) is 152 Å². The summed E-state index contributed by atoms with van der Waals surface area (Å²) in [7, 11) is 0. The second kappa shape index (κ2) is 9.50. The molecular formula is C38H26. The molecule has 0 radical (unpaired) electrons. The molecule has 0 aliphatic rings. The molecule has 0 saturated heterocycles. The first kappa shape index (κ1) is 16.0. The van der Waals surface area contributed by atoms with Crippen molar-refractivity contribution in [2.45, 2.75) is 0 Å². The highest BCUT2D eigenvalue weighted by Gasteiger charge is 2.19. The predicted octanol–water partition coefficient (Wildman–Crippen LogP) is 10.7. The molecule has 0 N–H and O–H groups in total. The molecule has 0 aliphatic heterocycles. The molecule has 0 heteroatoms. The number of hydrogen-bond donors (Lipinski definition) is 0. The van der Waals surface area contributed by atoms with E-state index in [1.165, 1.54) is 0 Å². The summed E-state index contributed by atoms with van der Waals surface area (Å²) in [6.45, 7) is 0. The van der Waals surface area contributed by atoms with Crippen LogP contribution in [0.25, 0.3) is 66.1 Å². The van der Waals surface area contributed by atoms with Crippen molar-refractivity contribution in [1.82, 2.24) is 0 Å². The first-order chi connectivity index (χ1) is 21.8. The minimum absolute atomic E-state index is 0.0292. The average molecular weight is 490 g/mol. The molecular weight excluding hydrogens is 456 g/mol. The molecule has 7 rings (SSSR count). The Bertz CT molecular complexity index is 2260. The van der Waals surface area contributed by atoms with Crippen LogP contribution in [0.15, 0.2) is 158 Å². The smallest absolute Gasteiger partial charge is 0.0622 e. The van der Waals surface area contributed by atoms with Crippen LogP contribution < -0.4 is 0 Å². The Hall–Kier alpha value is -4.94. The van der Waals surface area contributed by atoms with Gasteiger partial charge in [-0.05, 0) is 72.1 Å². The van der Waals surface area contributed by atoms with Crippen molar-refractivity contribution in [2.24, 2.45) is 0 Å². The van der Waals surface area contributed by atoms with Crippen molar-refractivity contribution < 1.29 is 9.60 Å². The molecule has 0 atom stereocenters. The maximum Gasteiger partial charge on any atom is 0.0636 e. The SMILES string of the molecule is [2H]c1c([2H])c([2H])c2c(-c3ccccc3-c3ccccc3)c3c([2H])c(-c4ccccc4)c([2H])c([2H])c3c(-c3ccccc3)c2c1[2H]. The third kappa shape index (κ3) is 3.79. The van der Waals surface area contributed by atoms with Gasteiger partial charge in [-0.3, -0.25) is 0 Å². The Balaban J connectivity index is 1.84. The van der Waals surface area contributed by atoms with Crippen molar-refractivity contribution in [2.75, 3.05) is 0 Å². The van der Waals surface area contributed by atoms with Crippen LogP contribution in [0.4, 0.5) is 0 Å². The van der Waals surface area contributed by atoms with Crippen LogP contribution in [-0.2, 0) is 0 Å². The highest BCUT2D eigenvalue weighted by atomic mass is 14.2. The quantitative estimate of drug-likeness (QED) is 0.216. The Morgan fingerprint density at radius 2 is 0.842 bits per heavy atom. The summed E-state index contributed by atoms with van der Waals surface area (Å²) in [5.41, 5.74) is 4.82. The number of hydrogen-bond acceptors (Lipinski definition) is 0. The monoisotopic (exact) mass is 489 g/mol. The standard InChI is InChI=1S/C38H26/c1-4-14-27(15-5-1)30-24-25-35-36(26-30)38(32-21-11-10-20-31(32)28-16-6-2-7-17-28)34-23-13-12-22-33(34)37(35)29-18-8-3-9-19-29/h1-26H/i12D,13D,22D,23D,24D,25D,26D. The molecule has 178 valence electrons. The maximum atomic E-state index is 9.74. The van der Waals surface area contributed by atoms with Crippen molar-refractivity contribution in [3.8, 4) is 44.5 Å². The summed E-state index contributed by atoms with van der Waals surface area (Å²) in [6.07, 6.45) is 0. The van der Waals surface area contributed by atoms with Crippen LogP contribution >= 0.6 is 0 Å². The fourth-order valence-corrected chi connectivity index (χ4v) is 5.20. The molecule has 0 unspecified atom stereocenters. The Labute approximate surface area is 233 Å². The van der Waals surface area contributed by atoms with Crippen molar-refractivity contribution >= 4 is 21.5 Å². The van der Waals surface area contributed by atoms with Gasteiger partial charge < -0.3 is 0 Å². The zero-order valence-corrected chi connectivity index (χ0v) is 20.5. The summed E-state index contributed by atoms with van der Waals surface area (Å²) >= 11 is 0. The fourth-order valence-electron chi connectivity index (χ4n) is 5.20. The molecule has 0 heterocycles. The molecule has 0 amide bonds. The molecule has 0 nitrogen and oxygen atoms in total. The van der Waals surface area contributed by atoms with Gasteiger partial charge in [-0.25, -0.2) is 0 Å². The van der Waals surface area contributed by atoms with E-state index in [4.69, 9.17) is 2.74 Å². The second-order valence-corrected chi connectivity index (χ2v) is 9.14. The van der Waals surface area contributed by atoms with E-state index in [0.717, 1.165) is 11.1 Å². The normalized spacial score (nSPS) is 13.7. The van der Waals surface area contributed by atoms with Crippen molar-refractivity contribution in [3.05, 3.63) is 158 Å². The predicted molar refractivity (Wildman–Crippen MR) is 163 cm³/mol. The average Bonchev–Trinajstić information content (AvgIpc) is 3.09. The Kier molecular flexibility index (Phi) is 4.00. The number of rotatable bonds is 4. The molecule has 7 aromatic rings. The second-order valence-electron chi connectivity index (χ2n) is 9.14. The molecule has 0 aromatic heterocycles. The first-order valence-corrected chi connectivity index (χ1v) is 12.6. The van der Waals surface area contributed by atoms with Gasteiger partial charge in [-0.15, -0.1) is 0 Å². The van der Waals surface area contributed by atoms with Crippen LogP contribution in [0, 0.1) is 0 Å². The summed E-state index contributed by atoms with van der Waals surface area (Å²) in [5.74, 6) is 0. The number of benzene rings is 7. The van der Waals surface area contributed by atoms with Crippen molar-refractivity contribution in [1.29, 1.82) is 0 Å². The van der Waals surface area contributed by atoms with Gasteiger partial charge in [0.1, 0.15) is 0 Å². The fraction of sp³-hybridized carbons (Fsp3) is 0. The van der Waals surface area contributed by atoms with E-state index in [0.29, 0.717) is 44.2 Å². The number of fused-ring (bicyclic) bond motifs is 2. The molecule has 0 saturated carbocycles. The molecule has 0 fully saturated rings. The molecule has 0 bridgehead atoms. The van der Waals surface area contributed by atoms with Crippen LogP contribution in [-0.4, -0.2) is 0 Å². The zero-order chi connectivity index (χ0) is 31.4. The molecule has 0 aliphatic carbocycles. The van der Waals surface area contributed by atoms with Gasteiger partial charge in [0, 0.05) is 0 Å². The third-order valence-corrected chi connectivity index (χ3v) is 6.91. The van der Waals surface area contributed by atoms with E-state index in [2.05, 4.69) is 0 Å². The summed E-state index contributed by atoms with van der Waals surface area (Å²) < 4.78 is 64.2. The lowest BCUT2D eigenvalue weighted by atomic mass is 9.83. The van der Waals surface area contributed by atoms with Gasteiger partial charge in [0.25, 0.3) is 0 Å². The van der Waals surface area contributed by atoms with Crippen LogP contribution in [0.3, 0.4) is 0 Å². The molecule has 0 spiro atoms. The summed E-state index contributed by atoms with van der Waals surface area (Å²) in [4.78, 5) is 0. The van der Waals surface area contributed by atoms with Crippen molar-refractivity contribution in [3.63, 3.8) is 0 Å². The van der Waals surface area contributed by atoms with E-state index >= 15 is 0 Å². The lowest BCUT2D eigenvalue weighted by Crippen LogP contribution is -1.93. The lowest BCUT2D eigenvalue weighted by Gasteiger charge is -2.20. The van der Waals surface area contributed by atoms with Gasteiger partial charge in [0.05, 0.1) is 9.60 Å². The van der Waals surface area contributed by atoms with E-state index in [1.54, 1.807) is 0 Å². The van der Waals surface area contributed by atoms with Gasteiger partial charge in [0.2, 0.25) is 0 Å². The Morgan fingerprint density at radius 1 is 0.342 bits per heavy atom. The first-order valence-electron chi connectivity index (χ1n) is 16.1. The van der Waals surface area contributed by atoms with Gasteiger partial charge in [-0.2, -0.15) is 0 Å². The maximum absolute atomic E-state index is 9.74. The Morgan fingerprint density at radius 3 is 1.50 bits per heavy atom. The zero-order valence-electron chi connectivity index (χ0n) is 27.5. The van der Waals surface area contributed by atoms with Crippen LogP contribution in [0.5, 0.6) is 0 Å². The summed E-state index contributed by atoms with van der Waals surface area (Å²) in [5, 5.41) is 1.22. The lowest BCUT2D eigenvalue weighted by molar-refractivity contribution is 1.60. The topological polar surface area (TPSA) is 0 Å².